The van der Waals surface area contributed by atoms with Crippen LogP contribution in [0.1, 0.15) is 43.9 Å². The van der Waals surface area contributed by atoms with Gasteiger partial charge in [-0.1, -0.05) is 79.7 Å². The molecule has 3 aromatic carbocycles. The summed E-state index contributed by atoms with van der Waals surface area (Å²) < 4.78 is 5.96. The second kappa shape index (κ2) is 11.1. The maximum atomic E-state index is 9.94. The van der Waals surface area contributed by atoms with E-state index in [1.165, 1.54) is 27.8 Å². The fourth-order valence-electron chi connectivity index (χ4n) is 4.06. The van der Waals surface area contributed by atoms with E-state index in [-0.39, 0.29) is 0 Å². The third-order valence-electron chi connectivity index (χ3n) is 5.38. The van der Waals surface area contributed by atoms with Gasteiger partial charge in [0.25, 0.3) is 0 Å². The minimum Gasteiger partial charge on any atom is -0.492 e. The zero-order valence-electron chi connectivity index (χ0n) is 19.7. The van der Waals surface area contributed by atoms with Gasteiger partial charge in [0.1, 0.15) is 12.4 Å². The van der Waals surface area contributed by atoms with Crippen LogP contribution in [0.25, 0.3) is 11.1 Å². The van der Waals surface area contributed by atoms with E-state index in [1.54, 1.807) is 0 Å². The Bertz CT molecular complexity index is 987. The summed E-state index contributed by atoms with van der Waals surface area (Å²) in [5, 5.41) is 9.94. The van der Waals surface area contributed by atoms with Crippen LogP contribution in [0.5, 0.6) is 5.75 Å². The van der Waals surface area contributed by atoms with Crippen molar-refractivity contribution >= 4 is 11.1 Å². The Kier molecular flexibility index (Phi) is 8.26. The first-order valence-electron chi connectivity index (χ1n) is 11.4. The highest BCUT2D eigenvalue weighted by Gasteiger charge is 2.15. The normalized spacial score (nSPS) is 12.6. The van der Waals surface area contributed by atoms with Gasteiger partial charge in [-0.3, -0.25) is 0 Å². The van der Waals surface area contributed by atoms with Crippen LogP contribution in [0.4, 0.5) is 0 Å². The van der Waals surface area contributed by atoms with Crippen molar-refractivity contribution in [3.05, 3.63) is 102 Å². The van der Waals surface area contributed by atoms with Gasteiger partial charge in [-0.15, -0.1) is 0 Å². The molecule has 0 spiro atoms. The van der Waals surface area contributed by atoms with Gasteiger partial charge in [0, 0.05) is 13.1 Å². The number of hydrogen-bond acceptors (Lipinski definition) is 3. The van der Waals surface area contributed by atoms with Crippen molar-refractivity contribution in [3.63, 3.8) is 0 Å². The first-order valence-corrected chi connectivity index (χ1v) is 11.4. The third kappa shape index (κ3) is 6.81. The fourth-order valence-corrected chi connectivity index (χ4v) is 4.06. The molecule has 3 rings (SSSR count). The summed E-state index contributed by atoms with van der Waals surface area (Å²) in [4.78, 5) is 2.08. The van der Waals surface area contributed by atoms with Crippen molar-refractivity contribution in [1.82, 2.24) is 4.90 Å². The molecule has 0 aliphatic rings. The molecule has 0 saturated carbocycles. The van der Waals surface area contributed by atoms with Crippen molar-refractivity contribution in [1.29, 1.82) is 0 Å². The Morgan fingerprint density at radius 1 is 0.812 bits per heavy atom. The van der Waals surface area contributed by atoms with E-state index in [4.69, 9.17) is 4.74 Å². The molecule has 0 aliphatic carbocycles. The highest BCUT2D eigenvalue weighted by Crippen LogP contribution is 2.34. The van der Waals surface area contributed by atoms with E-state index < -0.39 is 5.60 Å². The Balaban J connectivity index is 1.82. The molecule has 3 nitrogen and oxygen atoms in total. The molecular formula is C29H35NO2. The second-order valence-corrected chi connectivity index (χ2v) is 8.86. The van der Waals surface area contributed by atoms with Gasteiger partial charge in [-0.2, -0.15) is 0 Å². The molecular weight excluding hydrogens is 394 g/mol. The molecule has 0 amide bonds. The summed E-state index contributed by atoms with van der Waals surface area (Å²) in [6.45, 7) is 7.81. The van der Waals surface area contributed by atoms with Gasteiger partial charge in [0.15, 0.2) is 0 Å². The molecule has 1 N–H and O–H groups in total. The van der Waals surface area contributed by atoms with E-state index in [2.05, 4.69) is 84.6 Å². The molecule has 0 atom stereocenters. The Morgan fingerprint density at radius 2 is 1.34 bits per heavy atom. The molecule has 3 heteroatoms. The topological polar surface area (TPSA) is 32.7 Å². The summed E-state index contributed by atoms with van der Waals surface area (Å²) in [5.74, 6) is 0.857. The lowest BCUT2D eigenvalue weighted by Crippen LogP contribution is -2.38. The number of nitrogens with zero attached hydrogens (tertiary/aromatic N) is 1. The van der Waals surface area contributed by atoms with Crippen molar-refractivity contribution in [2.75, 3.05) is 26.7 Å². The molecule has 0 fully saturated rings. The number of likely N-dealkylation sites (N-methyl/N-ethyl adjacent to an activating group) is 1. The number of aliphatic hydroxyl groups is 1. The molecule has 0 aromatic heterocycles. The van der Waals surface area contributed by atoms with Crippen molar-refractivity contribution < 1.29 is 9.84 Å². The van der Waals surface area contributed by atoms with E-state index in [1.807, 2.05) is 33.0 Å². The van der Waals surface area contributed by atoms with Crippen LogP contribution < -0.4 is 4.74 Å². The molecule has 0 bridgehead atoms. The lowest BCUT2D eigenvalue weighted by molar-refractivity contribution is 0.0411. The number of rotatable bonds is 10. The minimum absolute atomic E-state index is 0.581. The van der Waals surface area contributed by atoms with Gasteiger partial charge < -0.3 is 14.7 Å². The van der Waals surface area contributed by atoms with Crippen LogP contribution >= 0.6 is 0 Å². The quantitative estimate of drug-likeness (QED) is 0.393. The maximum absolute atomic E-state index is 9.94. The highest BCUT2D eigenvalue weighted by atomic mass is 16.5. The monoisotopic (exact) mass is 429 g/mol. The first-order chi connectivity index (χ1) is 15.4. The molecule has 0 aliphatic heterocycles. The maximum Gasteiger partial charge on any atom is 0.119 e. The zero-order chi connectivity index (χ0) is 23.0. The number of hydrogen-bond donors (Lipinski definition) is 1. The molecule has 168 valence electrons. The zero-order valence-corrected chi connectivity index (χ0v) is 19.7. The minimum atomic E-state index is -0.702. The Morgan fingerprint density at radius 3 is 1.88 bits per heavy atom. The molecule has 0 unspecified atom stereocenters. The summed E-state index contributed by atoms with van der Waals surface area (Å²) in [6.07, 6.45) is 0.944. The van der Waals surface area contributed by atoms with Gasteiger partial charge >= 0.3 is 0 Å². The van der Waals surface area contributed by atoms with E-state index >= 15 is 0 Å². The van der Waals surface area contributed by atoms with Gasteiger partial charge in [0.05, 0.1) is 5.60 Å². The molecule has 0 saturated heterocycles. The standard InChI is InChI=1S/C29H35NO2/c1-5-27(23-12-8-6-9-13-23)28(24-14-10-7-11-15-24)25-16-18-26(19-17-25)32-21-20-30(4)22-29(2,3)31/h6-19,31H,5,20-22H2,1-4H3/b28-27-. The van der Waals surface area contributed by atoms with Crippen LogP contribution in [0, 0.1) is 0 Å². The van der Waals surface area contributed by atoms with E-state index in [9.17, 15) is 5.11 Å². The van der Waals surface area contributed by atoms with Crippen molar-refractivity contribution in [3.8, 4) is 5.75 Å². The molecule has 3 aromatic rings. The summed E-state index contributed by atoms with van der Waals surface area (Å²) in [7, 11) is 2.00. The van der Waals surface area contributed by atoms with Crippen LogP contribution in [-0.4, -0.2) is 42.4 Å². The number of benzene rings is 3. The lowest BCUT2D eigenvalue weighted by atomic mass is 9.88. The number of ether oxygens (including phenoxy) is 1. The summed E-state index contributed by atoms with van der Waals surface area (Å²) in [6, 6.07) is 29.6. The van der Waals surface area contributed by atoms with Crippen LogP contribution in [0.15, 0.2) is 84.9 Å². The first kappa shape index (κ1) is 23.8. The predicted molar refractivity (Wildman–Crippen MR) is 135 cm³/mol. The lowest BCUT2D eigenvalue weighted by Gasteiger charge is -2.25. The highest BCUT2D eigenvalue weighted by molar-refractivity contribution is 5.98. The average molecular weight is 430 g/mol. The van der Waals surface area contributed by atoms with Crippen molar-refractivity contribution in [2.24, 2.45) is 0 Å². The van der Waals surface area contributed by atoms with Crippen LogP contribution in [0.3, 0.4) is 0 Å². The predicted octanol–water partition coefficient (Wildman–Crippen LogP) is 6.14. The molecule has 32 heavy (non-hydrogen) atoms. The van der Waals surface area contributed by atoms with Crippen LogP contribution in [-0.2, 0) is 0 Å². The fraction of sp³-hybridized carbons (Fsp3) is 0.310. The molecule has 0 heterocycles. The van der Waals surface area contributed by atoms with E-state index in [0.29, 0.717) is 13.2 Å². The largest absolute Gasteiger partial charge is 0.492 e. The Labute approximate surface area is 193 Å². The van der Waals surface area contributed by atoms with Gasteiger partial charge in [-0.25, -0.2) is 0 Å². The van der Waals surface area contributed by atoms with Gasteiger partial charge in [0.2, 0.25) is 0 Å². The van der Waals surface area contributed by atoms with Gasteiger partial charge in [-0.05, 0) is 67.3 Å². The number of allylic oxidation sites excluding steroid dienone is 1. The molecule has 0 radical (unpaired) electrons. The van der Waals surface area contributed by atoms with Crippen LogP contribution in [0.2, 0.25) is 0 Å². The second-order valence-electron chi connectivity index (χ2n) is 8.86. The summed E-state index contributed by atoms with van der Waals surface area (Å²) in [5.41, 5.74) is 5.55. The third-order valence-corrected chi connectivity index (χ3v) is 5.38. The Hall–Kier alpha value is -2.88. The smallest absolute Gasteiger partial charge is 0.119 e. The van der Waals surface area contributed by atoms with E-state index in [0.717, 1.165) is 18.7 Å². The van der Waals surface area contributed by atoms with Crippen molar-refractivity contribution in [2.45, 2.75) is 32.8 Å². The average Bonchev–Trinajstić information content (AvgIpc) is 2.78. The summed E-state index contributed by atoms with van der Waals surface area (Å²) >= 11 is 0. The SMILES string of the molecule is CC/C(=C(\c1ccccc1)c1ccc(OCCN(C)CC(C)(C)O)cc1)c1ccccc1.